The normalized spacial score (nSPS) is 12.3. The van der Waals surface area contributed by atoms with E-state index in [1.54, 1.807) is 11.0 Å². The van der Waals surface area contributed by atoms with Gasteiger partial charge in [-0.25, -0.2) is 9.98 Å². The van der Waals surface area contributed by atoms with Crippen molar-refractivity contribution in [2.45, 2.75) is 46.1 Å². The molecule has 0 radical (unpaired) electrons. The molecule has 0 aliphatic rings. The molecule has 1 heterocycles. The molecule has 0 saturated carbocycles. The summed E-state index contributed by atoms with van der Waals surface area (Å²) in [5, 5.41) is 10.7. The largest absolute Gasteiger partial charge is 0.357 e. The Kier molecular flexibility index (Phi) is 6.56. The van der Waals surface area contributed by atoms with Crippen LogP contribution in [-0.4, -0.2) is 33.8 Å². The standard InChI is InChI=1S/C19H30N6/c1-6-20-18(22-13-17-23-14-24-25(17)5)21-12-11-15-7-9-16(10-8-15)19(2,3)4/h7-10,14H,6,11-13H2,1-5H3,(H2,20,21,22). The second kappa shape index (κ2) is 8.65. The van der Waals surface area contributed by atoms with E-state index in [1.807, 2.05) is 7.05 Å². The van der Waals surface area contributed by atoms with Gasteiger partial charge < -0.3 is 10.6 Å². The zero-order valence-corrected chi connectivity index (χ0v) is 16.0. The fourth-order valence-corrected chi connectivity index (χ4v) is 2.45. The molecular weight excluding hydrogens is 312 g/mol. The first kappa shape index (κ1) is 19.0. The molecule has 0 saturated heterocycles. The second-order valence-corrected chi connectivity index (χ2v) is 7.12. The van der Waals surface area contributed by atoms with Gasteiger partial charge in [0.05, 0.1) is 0 Å². The minimum Gasteiger partial charge on any atom is -0.357 e. The van der Waals surface area contributed by atoms with E-state index in [9.17, 15) is 0 Å². The summed E-state index contributed by atoms with van der Waals surface area (Å²) in [7, 11) is 1.87. The molecular formula is C19H30N6. The monoisotopic (exact) mass is 342 g/mol. The van der Waals surface area contributed by atoms with Crippen molar-refractivity contribution in [2.24, 2.45) is 12.0 Å². The first-order valence-electron chi connectivity index (χ1n) is 8.84. The van der Waals surface area contributed by atoms with Crippen LogP contribution in [0.2, 0.25) is 0 Å². The van der Waals surface area contributed by atoms with Gasteiger partial charge in [0.2, 0.25) is 0 Å². The van der Waals surface area contributed by atoms with Crippen molar-refractivity contribution >= 4 is 5.96 Å². The number of aliphatic imine (C=N–C) groups is 1. The lowest BCUT2D eigenvalue weighted by Crippen LogP contribution is -2.38. The second-order valence-electron chi connectivity index (χ2n) is 7.12. The van der Waals surface area contributed by atoms with E-state index >= 15 is 0 Å². The molecule has 0 bridgehead atoms. The molecule has 2 N–H and O–H groups in total. The van der Waals surface area contributed by atoms with Crippen LogP contribution in [0.3, 0.4) is 0 Å². The van der Waals surface area contributed by atoms with Crippen LogP contribution in [0, 0.1) is 0 Å². The van der Waals surface area contributed by atoms with Gasteiger partial charge in [0.25, 0.3) is 0 Å². The van der Waals surface area contributed by atoms with E-state index in [4.69, 9.17) is 0 Å². The van der Waals surface area contributed by atoms with Gasteiger partial charge in [-0.15, -0.1) is 0 Å². The number of aromatic nitrogens is 3. The molecule has 1 aromatic carbocycles. The Morgan fingerprint density at radius 2 is 1.88 bits per heavy atom. The van der Waals surface area contributed by atoms with E-state index in [0.717, 1.165) is 31.3 Å². The Morgan fingerprint density at radius 3 is 2.44 bits per heavy atom. The maximum atomic E-state index is 4.57. The molecule has 0 aliphatic carbocycles. The quantitative estimate of drug-likeness (QED) is 0.625. The summed E-state index contributed by atoms with van der Waals surface area (Å²) < 4.78 is 1.74. The number of benzene rings is 1. The molecule has 2 aromatic rings. The van der Waals surface area contributed by atoms with Crippen LogP contribution >= 0.6 is 0 Å². The first-order valence-corrected chi connectivity index (χ1v) is 8.84. The van der Waals surface area contributed by atoms with Crippen molar-refractivity contribution < 1.29 is 0 Å². The fourth-order valence-electron chi connectivity index (χ4n) is 2.45. The molecule has 25 heavy (non-hydrogen) atoms. The minimum absolute atomic E-state index is 0.196. The molecule has 0 spiro atoms. The van der Waals surface area contributed by atoms with E-state index in [2.05, 4.69) is 77.7 Å². The lowest BCUT2D eigenvalue weighted by atomic mass is 9.86. The highest BCUT2D eigenvalue weighted by Crippen LogP contribution is 2.22. The van der Waals surface area contributed by atoms with Gasteiger partial charge in [-0.3, -0.25) is 4.68 Å². The van der Waals surface area contributed by atoms with Gasteiger partial charge in [-0.2, -0.15) is 5.10 Å². The number of rotatable bonds is 6. The van der Waals surface area contributed by atoms with Gasteiger partial charge in [-0.1, -0.05) is 45.0 Å². The number of hydrogen-bond donors (Lipinski definition) is 2. The van der Waals surface area contributed by atoms with Gasteiger partial charge >= 0.3 is 0 Å². The van der Waals surface area contributed by atoms with E-state index in [-0.39, 0.29) is 5.41 Å². The molecule has 1 aromatic heterocycles. The highest BCUT2D eigenvalue weighted by Gasteiger charge is 2.12. The molecule has 0 fully saturated rings. The van der Waals surface area contributed by atoms with Crippen molar-refractivity contribution in [1.82, 2.24) is 25.4 Å². The zero-order chi connectivity index (χ0) is 18.3. The van der Waals surface area contributed by atoms with Crippen molar-refractivity contribution in [2.75, 3.05) is 13.1 Å². The van der Waals surface area contributed by atoms with Crippen molar-refractivity contribution in [3.05, 3.63) is 47.5 Å². The molecule has 6 heteroatoms. The highest BCUT2D eigenvalue weighted by molar-refractivity contribution is 5.79. The van der Waals surface area contributed by atoms with Crippen LogP contribution in [0.5, 0.6) is 0 Å². The maximum Gasteiger partial charge on any atom is 0.191 e. The summed E-state index contributed by atoms with van der Waals surface area (Å²) in [6.07, 6.45) is 2.51. The number of nitrogens with one attached hydrogen (secondary N) is 2. The third kappa shape index (κ3) is 5.89. The molecule has 6 nitrogen and oxygen atoms in total. The topological polar surface area (TPSA) is 67.1 Å². The number of hydrogen-bond acceptors (Lipinski definition) is 3. The van der Waals surface area contributed by atoms with Crippen LogP contribution in [-0.2, 0) is 25.4 Å². The van der Waals surface area contributed by atoms with Crippen molar-refractivity contribution in [3.8, 4) is 0 Å². The maximum absolute atomic E-state index is 4.57. The van der Waals surface area contributed by atoms with Gasteiger partial charge in [0.1, 0.15) is 18.7 Å². The average Bonchev–Trinajstić information content (AvgIpc) is 2.97. The predicted molar refractivity (Wildman–Crippen MR) is 103 cm³/mol. The summed E-state index contributed by atoms with van der Waals surface area (Å²) in [6, 6.07) is 8.88. The van der Waals surface area contributed by atoms with Gasteiger partial charge in [0.15, 0.2) is 5.96 Å². The summed E-state index contributed by atoms with van der Waals surface area (Å²) in [4.78, 5) is 8.76. The van der Waals surface area contributed by atoms with Crippen LogP contribution in [0.15, 0.2) is 35.6 Å². The van der Waals surface area contributed by atoms with Gasteiger partial charge in [0, 0.05) is 20.1 Å². The van der Waals surface area contributed by atoms with Crippen LogP contribution in [0.4, 0.5) is 0 Å². The smallest absolute Gasteiger partial charge is 0.191 e. The SMILES string of the molecule is CCNC(=NCc1ncnn1C)NCCc1ccc(C(C)(C)C)cc1. The lowest BCUT2D eigenvalue weighted by molar-refractivity contribution is 0.590. The Morgan fingerprint density at radius 1 is 1.16 bits per heavy atom. The van der Waals surface area contributed by atoms with Gasteiger partial charge in [-0.05, 0) is 29.9 Å². The Bertz CT molecular complexity index is 679. The summed E-state index contributed by atoms with van der Waals surface area (Å²) in [5.74, 6) is 1.65. The van der Waals surface area contributed by atoms with Crippen LogP contribution in [0.1, 0.15) is 44.6 Å². The van der Waals surface area contributed by atoms with Crippen molar-refractivity contribution in [1.29, 1.82) is 0 Å². The Balaban J connectivity index is 1.87. The molecule has 0 aliphatic heterocycles. The Hall–Kier alpha value is -2.37. The molecule has 0 atom stereocenters. The number of aryl methyl sites for hydroxylation is 1. The fraction of sp³-hybridized carbons (Fsp3) is 0.526. The third-order valence-corrected chi connectivity index (χ3v) is 4.05. The predicted octanol–water partition coefficient (Wildman–Crippen LogP) is 2.41. The lowest BCUT2D eigenvalue weighted by Gasteiger charge is -2.19. The minimum atomic E-state index is 0.196. The molecule has 0 amide bonds. The molecule has 2 rings (SSSR count). The summed E-state index contributed by atoms with van der Waals surface area (Å²) in [5.41, 5.74) is 2.88. The van der Waals surface area contributed by atoms with Crippen molar-refractivity contribution in [3.63, 3.8) is 0 Å². The molecule has 0 unspecified atom stereocenters. The highest BCUT2D eigenvalue weighted by atomic mass is 15.3. The van der Waals surface area contributed by atoms with E-state index in [1.165, 1.54) is 11.1 Å². The molecule has 136 valence electrons. The Labute approximate surface area is 150 Å². The zero-order valence-electron chi connectivity index (χ0n) is 16.0. The summed E-state index contributed by atoms with van der Waals surface area (Å²) >= 11 is 0. The van der Waals surface area contributed by atoms with Crippen LogP contribution < -0.4 is 10.6 Å². The first-order chi connectivity index (χ1) is 11.9. The third-order valence-electron chi connectivity index (χ3n) is 4.05. The number of guanidine groups is 1. The van der Waals surface area contributed by atoms with E-state index in [0.29, 0.717) is 6.54 Å². The summed E-state index contributed by atoms with van der Waals surface area (Å²) in [6.45, 7) is 10.9. The average molecular weight is 342 g/mol. The van der Waals surface area contributed by atoms with E-state index < -0.39 is 0 Å². The number of nitrogens with zero attached hydrogens (tertiary/aromatic N) is 4. The van der Waals surface area contributed by atoms with Crippen LogP contribution in [0.25, 0.3) is 0 Å².